The highest BCUT2D eigenvalue weighted by Gasteiger charge is 2.16. The van der Waals surface area contributed by atoms with Crippen molar-refractivity contribution in [3.8, 4) is 5.75 Å². The van der Waals surface area contributed by atoms with Gasteiger partial charge in [0.2, 0.25) is 0 Å². The molecule has 0 amide bonds. The molecule has 0 heterocycles. The summed E-state index contributed by atoms with van der Waals surface area (Å²) >= 11 is 7.26. The van der Waals surface area contributed by atoms with E-state index >= 15 is 0 Å². The molecular formula is C12H15ClO3S. The van der Waals surface area contributed by atoms with Crippen LogP contribution in [0.5, 0.6) is 5.75 Å². The minimum Gasteiger partial charge on any atom is -0.495 e. The van der Waals surface area contributed by atoms with E-state index in [2.05, 4.69) is 0 Å². The zero-order valence-corrected chi connectivity index (χ0v) is 11.7. The van der Waals surface area contributed by atoms with Crippen LogP contribution in [0.2, 0.25) is 0 Å². The Morgan fingerprint density at radius 3 is 2.65 bits per heavy atom. The molecule has 0 aliphatic rings. The number of halogens is 1. The molecule has 0 atom stereocenters. The fourth-order valence-electron chi connectivity index (χ4n) is 1.51. The summed E-state index contributed by atoms with van der Waals surface area (Å²) in [6, 6.07) is 3.61. The normalized spacial score (nSPS) is 10.1. The predicted molar refractivity (Wildman–Crippen MR) is 70.5 cm³/mol. The van der Waals surface area contributed by atoms with Crippen LogP contribution in [0.3, 0.4) is 0 Å². The van der Waals surface area contributed by atoms with Gasteiger partial charge in [0.1, 0.15) is 5.75 Å². The van der Waals surface area contributed by atoms with Gasteiger partial charge in [-0.25, -0.2) is 4.79 Å². The van der Waals surface area contributed by atoms with E-state index in [0.29, 0.717) is 17.2 Å². The number of esters is 1. The molecule has 3 nitrogen and oxygen atoms in total. The second kappa shape index (κ2) is 6.77. The molecule has 1 aromatic carbocycles. The summed E-state index contributed by atoms with van der Waals surface area (Å²) < 4.78 is 10.1. The quantitative estimate of drug-likeness (QED) is 0.469. The van der Waals surface area contributed by atoms with Crippen LogP contribution < -0.4 is 4.74 Å². The van der Waals surface area contributed by atoms with Gasteiger partial charge in [0.25, 0.3) is 0 Å². The molecule has 0 aromatic heterocycles. The van der Waals surface area contributed by atoms with Gasteiger partial charge in [0.05, 0.1) is 19.8 Å². The molecule has 1 rings (SSSR count). The summed E-state index contributed by atoms with van der Waals surface area (Å²) in [7, 11) is 2.96. The number of benzene rings is 1. The summed E-state index contributed by atoms with van der Waals surface area (Å²) in [6.07, 6.45) is 0. The number of ether oxygens (including phenoxy) is 2. The van der Waals surface area contributed by atoms with Crippen LogP contribution in [0.4, 0.5) is 0 Å². The number of alkyl halides is 1. The first kappa shape index (κ1) is 14.2. The van der Waals surface area contributed by atoms with E-state index in [9.17, 15) is 4.79 Å². The van der Waals surface area contributed by atoms with E-state index in [1.165, 1.54) is 7.11 Å². The summed E-state index contributed by atoms with van der Waals surface area (Å²) in [5.41, 5.74) is 1.32. The van der Waals surface area contributed by atoms with Crippen molar-refractivity contribution >= 4 is 29.3 Å². The first-order valence-electron chi connectivity index (χ1n) is 5.10. The average Bonchev–Trinajstić information content (AvgIpc) is 2.35. The summed E-state index contributed by atoms with van der Waals surface area (Å²) in [4.78, 5) is 12.5. The number of carbonyl (C=O) groups is 1. The molecule has 94 valence electrons. The Bertz CT molecular complexity index is 407. The molecule has 0 N–H and O–H groups in total. The van der Waals surface area contributed by atoms with Gasteiger partial charge in [-0.1, -0.05) is 0 Å². The number of hydrogen-bond donors (Lipinski definition) is 0. The second-order valence-corrected chi connectivity index (χ2v) is 4.81. The molecule has 0 aliphatic heterocycles. The highest BCUT2D eigenvalue weighted by molar-refractivity contribution is 7.99. The van der Waals surface area contributed by atoms with E-state index in [0.717, 1.165) is 16.2 Å². The first-order valence-corrected chi connectivity index (χ1v) is 6.62. The molecule has 17 heavy (non-hydrogen) atoms. The van der Waals surface area contributed by atoms with Gasteiger partial charge in [0, 0.05) is 22.1 Å². The number of hydrogen-bond acceptors (Lipinski definition) is 4. The van der Waals surface area contributed by atoms with Crippen LogP contribution in [0.1, 0.15) is 15.9 Å². The number of thioether (sulfide) groups is 1. The molecule has 0 unspecified atom stereocenters. The van der Waals surface area contributed by atoms with E-state index in [1.54, 1.807) is 24.9 Å². The minimum absolute atomic E-state index is 0.352. The van der Waals surface area contributed by atoms with Gasteiger partial charge < -0.3 is 9.47 Å². The Hall–Kier alpha value is -0.870. The third-order valence-corrected chi connectivity index (χ3v) is 3.77. The molecule has 1 aromatic rings. The molecule has 0 bridgehead atoms. The maximum Gasteiger partial charge on any atom is 0.338 e. The van der Waals surface area contributed by atoms with Crippen LogP contribution >= 0.6 is 23.4 Å². The number of carbonyl (C=O) groups excluding carboxylic acids is 1. The van der Waals surface area contributed by atoms with E-state index < -0.39 is 0 Å². The smallest absolute Gasteiger partial charge is 0.338 e. The van der Waals surface area contributed by atoms with Crippen molar-refractivity contribution in [1.29, 1.82) is 0 Å². The van der Waals surface area contributed by atoms with Crippen molar-refractivity contribution in [2.45, 2.75) is 11.8 Å². The van der Waals surface area contributed by atoms with Gasteiger partial charge in [-0.3, -0.25) is 0 Å². The van der Waals surface area contributed by atoms with Crippen molar-refractivity contribution in [2.24, 2.45) is 0 Å². The monoisotopic (exact) mass is 274 g/mol. The Kier molecular flexibility index (Phi) is 5.65. The Morgan fingerprint density at radius 2 is 2.12 bits per heavy atom. The van der Waals surface area contributed by atoms with Crippen molar-refractivity contribution in [3.05, 3.63) is 23.3 Å². The van der Waals surface area contributed by atoms with Gasteiger partial charge >= 0.3 is 5.97 Å². The molecule has 5 heteroatoms. The molecule has 0 saturated carbocycles. The Morgan fingerprint density at radius 1 is 1.41 bits per heavy atom. The third-order valence-electron chi connectivity index (χ3n) is 2.31. The fraction of sp³-hybridized carbons (Fsp3) is 0.417. The third kappa shape index (κ3) is 3.30. The summed E-state index contributed by atoms with van der Waals surface area (Å²) in [5, 5.41) is 0. The first-order chi connectivity index (χ1) is 8.15. The predicted octanol–water partition coefficient (Wildman–Crippen LogP) is 3.12. The van der Waals surface area contributed by atoms with Crippen molar-refractivity contribution in [2.75, 3.05) is 25.9 Å². The molecule has 0 spiro atoms. The van der Waals surface area contributed by atoms with Crippen LogP contribution in [0.25, 0.3) is 0 Å². The van der Waals surface area contributed by atoms with E-state index in [1.807, 2.05) is 13.0 Å². The molecular weight excluding hydrogens is 260 g/mol. The fourth-order valence-corrected chi connectivity index (χ4v) is 2.57. The SMILES string of the molecule is COC(=O)c1ccc(SCCCl)c(OC)c1C. The minimum atomic E-state index is -0.352. The number of rotatable bonds is 5. The van der Waals surface area contributed by atoms with E-state index in [4.69, 9.17) is 21.1 Å². The number of methoxy groups -OCH3 is 2. The van der Waals surface area contributed by atoms with E-state index in [-0.39, 0.29) is 5.97 Å². The molecule has 0 aliphatic carbocycles. The molecule has 0 radical (unpaired) electrons. The highest BCUT2D eigenvalue weighted by Crippen LogP contribution is 2.34. The maximum atomic E-state index is 11.5. The van der Waals surface area contributed by atoms with Crippen molar-refractivity contribution < 1.29 is 14.3 Å². The maximum absolute atomic E-state index is 11.5. The largest absolute Gasteiger partial charge is 0.495 e. The van der Waals surface area contributed by atoms with Crippen LogP contribution in [-0.4, -0.2) is 31.8 Å². The Balaban J connectivity index is 3.12. The lowest BCUT2D eigenvalue weighted by molar-refractivity contribution is 0.0599. The lowest BCUT2D eigenvalue weighted by Gasteiger charge is -2.13. The van der Waals surface area contributed by atoms with Crippen LogP contribution in [0, 0.1) is 6.92 Å². The second-order valence-electron chi connectivity index (χ2n) is 3.30. The van der Waals surface area contributed by atoms with Crippen molar-refractivity contribution in [1.82, 2.24) is 0 Å². The summed E-state index contributed by atoms with van der Waals surface area (Å²) in [5.74, 6) is 1.73. The Labute approximate surface area is 110 Å². The lowest BCUT2D eigenvalue weighted by Crippen LogP contribution is -2.05. The standard InChI is InChI=1S/C12H15ClO3S/c1-8-9(12(14)16-3)4-5-10(11(8)15-2)17-7-6-13/h4-5H,6-7H2,1-3H3. The van der Waals surface area contributed by atoms with Crippen LogP contribution in [-0.2, 0) is 4.74 Å². The summed E-state index contributed by atoms with van der Waals surface area (Å²) in [6.45, 7) is 1.84. The van der Waals surface area contributed by atoms with Crippen LogP contribution in [0.15, 0.2) is 17.0 Å². The van der Waals surface area contributed by atoms with Gasteiger partial charge in [-0.05, 0) is 19.1 Å². The van der Waals surface area contributed by atoms with Gasteiger partial charge in [-0.2, -0.15) is 0 Å². The zero-order chi connectivity index (χ0) is 12.8. The van der Waals surface area contributed by atoms with Crippen molar-refractivity contribution in [3.63, 3.8) is 0 Å². The highest BCUT2D eigenvalue weighted by atomic mass is 35.5. The lowest BCUT2D eigenvalue weighted by atomic mass is 10.1. The molecule has 0 saturated heterocycles. The average molecular weight is 275 g/mol. The zero-order valence-electron chi connectivity index (χ0n) is 10.1. The topological polar surface area (TPSA) is 35.5 Å². The van der Waals surface area contributed by atoms with Gasteiger partial charge in [0.15, 0.2) is 0 Å². The molecule has 0 fully saturated rings. The van der Waals surface area contributed by atoms with Gasteiger partial charge in [-0.15, -0.1) is 23.4 Å².